The van der Waals surface area contributed by atoms with Gasteiger partial charge in [-0.3, -0.25) is 9.69 Å². The van der Waals surface area contributed by atoms with Crippen molar-refractivity contribution in [1.29, 1.82) is 0 Å². The van der Waals surface area contributed by atoms with E-state index in [0.29, 0.717) is 17.9 Å². The second-order valence-electron chi connectivity index (χ2n) is 4.20. The van der Waals surface area contributed by atoms with Crippen molar-refractivity contribution in [2.75, 3.05) is 20.2 Å². The lowest BCUT2D eigenvalue weighted by Crippen LogP contribution is -2.22. The number of methoxy groups -OCH3 is 1. The minimum atomic E-state index is -0.0332. The summed E-state index contributed by atoms with van der Waals surface area (Å²) >= 11 is 0. The minimum absolute atomic E-state index is 0. The highest BCUT2D eigenvalue weighted by Gasteiger charge is 2.14. The Labute approximate surface area is 120 Å². The Morgan fingerprint density at radius 1 is 1.32 bits per heavy atom. The molecule has 0 atom stereocenters. The van der Waals surface area contributed by atoms with Gasteiger partial charge in [0.05, 0.1) is 7.11 Å². The van der Waals surface area contributed by atoms with Crippen LogP contribution in [0.1, 0.15) is 36.7 Å². The Hall–Kier alpha value is -1.26. The van der Waals surface area contributed by atoms with Gasteiger partial charge in [0.15, 0.2) is 17.3 Å². The number of Topliss-reactive ketones (excluding diaryl/α,β-unsaturated/α-hetero) is 1. The van der Waals surface area contributed by atoms with Gasteiger partial charge in [0.1, 0.15) is 0 Å². The molecule has 0 aliphatic heterocycles. The molecular formula is C14H22ClNO3. The van der Waals surface area contributed by atoms with Crippen LogP contribution >= 0.6 is 12.4 Å². The van der Waals surface area contributed by atoms with Crippen LogP contribution < -0.4 is 4.74 Å². The lowest BCUT2D eigenvalue weighted by molar-refractivity contribution is 0.101. The number of hydrogen-bond donors (Lipinski definition) is 1. The second-order valence-corrected chi connectivity index (χ2v) is 4.20. The van der Waals surface area contributed by atoms with Crippen molar-refractivity contribution >= 4 is 18.2 Å². The average molecular weight is 288 g/mol. The molecule has 0 spiro atoms. The molecule has 0 saturated heterocycles. The summed E-state index contributed by atoms with van der Waals surface area (Å²) in [5.74, 6) is 0.438. The molecule has 1 aromatic carbocycles. The number of ether oxygens (including phenoxy) is 1. The van der Waals surface area contributed by atoms with Crippen LogP contribution in [-0.2, 0) is 6.54 Å². The highest BCUT2D eigenvalue weighted by atomic mass is 35.5. The van der Waals surface area contributed by atoms with Gasteiger partial charge in [0.25, 0.3) is 0 Å². The number of halogens is 1. The van der Waals surface area contributed by atoms with Gasteiger partial charge < -0.3 is 9.84 Å². The molecule has 0 fully saturated rings. The summed E-state index contributed by atoms with van der Waals surface area (Å²) in [6, 6.07) is 3.31. The molecule has 0 aliphatic rings. The quantitative estimate of drug-likeness (QED) is 0.818. The molecule has 5 heteroatoms. The van der Waals surface area contributed by atoms with Gasteiger partial charge in [-0.1, -0.05) is 13.8 Å². The van der Waals surface area contributed by atoms with Crippen molar-refractivity contribution in [3.63, 3.8) is 0 Å². The van der Waals surface area contributed by atoms with Crippen molar-refractivity contribution in [2.45, 2.75) is 27.3 Å². The third-order valence-corrected chi connectivity index (χ3v) is 3.07. The van der Waals surface area contributed by atoms with Gasteiger partial charge in [-0.15, -0.1) is 12.4 Å². The fraction of sp³-hybridized carbons (Fsp3) is 0.500. The fourth-order valence-electron chi connectivity index (χ4n) is 1.83. The van der Waals surface area contributed by atoms with E-state index in [-0.39, 0.29) is 23.9 Å². The van der Waals surface area contributed by atoms with Crippen LogP contribution in [0.2, 0.25) is 0 Å². The molecule has 0 bridgehead atoms. The predicted octanol–water partition coefficient (Wildman–Crippen LogP) is 2.87. The molecule has 0 heterocycles. The second kappa shape index (κ2) is 8.02. The van der Waals surface area contributed by atoms with Gasteiger partial charge >= 0.3 is 0 Å². The molecule has 1 N–H and O–H groups in total. The molecular weight excluding hydrogens is 266 g/mol. The highest BCUT2D eigenvalue weighted by molar-refractivity contribution is 5.95. The molecule has 0 radical (unpaired) electrons. The van der Waals surface area contributed by atoms with Gasteiger partial charge in [0, 0.05) is 17.7 Å². The van der Waals surface area contributed by atoms with Crippen molar-refractivity contribution < 1.29 is 14.6 Å². The Morgan fingerprint density at radius 2 is 1.89 bits per heavy atom. The van der Waals surface area contributed by atoms with Crippen LogP contribution in [0.4, 0.5) is 0 Å². The summed E-state index contributed by atoms with van der Waals surface area (Å²) in [6.45, 7) is 8.02. The predicted molar refractivity (Wildman–Crippen MR) is 78.5 cm³/mol. The average Bonchev–Trinajstić information content (AvgIpc) is 2.37. The zero-order valence-electron chi connectivity index (χ0n) is 11.9. The maximum Gasteiger partial charge on any atom is 0.162 e. The maximum absolute atomic E-state index is 11.5. The number of rotatable bonds is 6. The van der Waals surface area contributed by atoms with Gasteiger partial charge in [-0.25, -0.2) is 0 Å². The molecule has 0 aromatic heterocycles. The number of carbonyl (C=O) groups excluding carboxylic acids is 1. The van der Waals surface area contributed by atoms with E-state index in [9.17, 15) is 9.90 Å². The molecule has 19 heavy (non-hydrogen) atoms. The molecule has 0 amide bonds. The first kappa shape index (κ1) is 17.7. The highest BCUT2D eigenvalue weighted by Crippen LogP contribution is 2.32. The summed E-state index contributed by atoms with van der Waals surface area (Å²) < 4.78 is 5.10. The van der Waals surface area contributed by atoms with Crippen LogP contribution in [0.15, 0.2) is 12.1 Å². The first-order valence-corrected chi connectivity index (χ1v) is 6.16. The zero-order chi connectivity index (χ0) is 13.7. The monoisotopic (exact) mass is 287 g/mol. The van der Waals surface area contributed by atoms with Crippen LogP contribution in [-0.4, -0.2) is 36.0 Å². The maximum atomic E-state index is 11.5. The molecule has 4 nitrogen and oxygen atoms in total. The third kappa shape index (κ3) is 4.40. The van der Waals surface area contributed by atoms with E-state index in [1.54, 1.807) is 12.1 Å². The van der Waals surface area contributed by atoms with Gasteiger partial charge in [0.2, 0.25) is 0 Å². The summed E-state index contributed by atoms with van der Waals surface area (Å²) in [5, 5.41) is 10.1. The lowest BCUT2D eigenvalue weighted by Gasteiger charge is -2.20. The van der Waals surface area contributed by atoms with E-state index in [1.165, 1.54) is 14.0 Å². The topological polar surface area (TPSA) is 49.8 Å². The Kier molecular flexibility index (Phi) is 7.49. The van der Waals surface area contributed by atoms with E-state index in [1.807, 2.05) is 0 Å². The number of nitrogens with zero attached hydrogens (tertiary/aromatic N) is 1. The Bertz CT molecular complexity index is 431. The lowest BCUT2D eigenvalue weighted by atomic mass is 10.1. The summed E-state index contributed by atoms with van der Waals surface area (Å²) in [6.07, 6.45) is 0. The summed E-state index contributed by atoms with van der Waals surface area (Å²) in [7, 11) is 1.49. The number of carbonyl (C=O) groups is 1. The van der Waals surface area contributed by atoms with E-state index in [0.717, 1.165) is 18.7 Å². The van der Waals surface area contributed by atoms with E-state index in [2.05, 4.69) is 18.7 Å². The van der Waals surface area contributed by atoms with Crippen LogP contribution in [0.3, 0.4) is 0 Å². The molecule has 108 valence electrons. The molecule has 0 unspecified atom stereocenters. The normalized spacial score (nSPS) is 10.2. The number of phenolic OH excluding ortho intramolecular Hbond substituents is 1. The molecule has 0 saturated carbocycles. The number of aromatic hydroxyl groups is 1. The third-order valence-electron chi connectivity index (χ3n) is 3.07. The summed E-state index contributed by atoms with van der Waals surface area (Å²) in [5.41, 5.74) is 1.29. The first-order chi connectivity index (χ1) is 8.53. The van der Waals surface area contributed by atoms with Crippen molar-refractivity contribution in [3.8, 4) is 11.5 Å². The Morgan fingerprint density at radius 3 is 2.32 bits per heavy atom. The number of hydrogen-bond acceptors (Lipinski definition) is 4. The number of phenols is 1. The fourth-order valence-corrected chi connectivity index (χ4v) is 1.83. The standard InChI is InChI=1S/C14H21NO3.ClH/c1-5-15(6-2)9-12-7-11(10(3)16)8-13(18-4)14(12)17;/h7-8,17H,5-6,9H2,1-4H3;1H. The molecule has 0 aliphatic carbocycles. The van der Waals surface area contributed by atoms with Gasteiger partial charge in [-0.05, 0) is 32.1 Å². The SMILES string of the molecule is CCN(CC)Cc1cc(C(C)=O)cc(OC)c1O.Cl. The molecule has 1 rings (SSSR count). The van der Waals surface area contributed by atoms with Crippen LogP contribution in [0, 0.1) is 0 Å². The Balaban J connectivity index is 0.00000324. The van der Waals surface area contributed by atoms with Crippen molar-refractivity contribution in [2.24, 2.45) is 0 Å². The van der Waals surface area contributed by atoms with E-state index >= 15 is 0 Å². The number of ketones is 1. The first-order valence-electron chi connectivity index (χ1n) is 6.16. The van der Waals surface area contributed by atoms with Crippen LogP contribution in [0.5, 0.6) is 11.5 Å². The van der Waals surface area contributed by atoms with E-state index < -0.39 is 0 Å². The smallest absolute Gasteiger partial charge is 0.162 e. The van der Waals surface area contributed by atoms with Crippen LogP contribution in [0.25, 0.3) is 0 Å². The van der Waals surface area contributed by atoms with Gasteiger partial charge in [-0.2, -0.15) is 0 Å². The van der Waals surface area contributed by atoms with E-state index in [4.69, 9.17) is 4.74 Å². The minimum Gasteiger partial charge on any atom is -0.504 e. The number of benzene rings is 1. The molecule has 1 aromatic rings. The van der Waals surface area contributed by atoms with Crippen molar-refractivity contribution in [1.82, 2.24) is 4.90 Å². The van der Waals surface area contributed by atoms with Crippen molar-refractivity contribution in [3.05, 3.63) is 23.3 Å². The zero-order valence-corrected chi connectivity index (χ0v) is 12.7. The largest absolute Gasteiger partial charge is 0.504 e. The summed E-state index contributed by atoms with van der Waals surface area (Å²) in [4.78, 5) is 13.6.